The first-order valence-electron chi connectivity index (χ1n) is 5.63. The second-order valence-corrected chi connectivity index (χ2v) is 4.18. The van der Waals surface area contributed by atoms with E-state index in [0.29, 0.717) is 32.5 Å². The number of likely N-dealkylation sites (tertiary alicyclic amines) is 1. The molecule has 0 unspecified atom stereocenters. The van der Waals surface area contributed by atoms with Crippen LogP contribution in [0.1, 0.15) is 19.8 Å². The van der Waals surface area contributed by atoms with E-state index in [0.717, 1.165) is 0 Å². The minimum absolute atomic E-state index is 0.0281. The maximum Gasteiger partial charge on any atom is 0.492 e. The highest BCUT2D eigenvalue weighted by Crippen LogP contribution is 2.20. The van der Waals surface area contributed by atoms with Crippen molar-refractivity contribution in [1.29, 1.82) is 0 Å². The van der Waals surface area contributed by atoms with Gasteiger partial charge in [0.2, 0.25) is 5.91 Å². The zero-order chi connectivity index (χ0) is 12.2. The van der Waals surface area contributed by atoms with Gasteiger partial charge in [-0.05, 0) is 39.3 Å². The Balaban J connectivity index is 2.31. The Kier molecular flexibility index (Phi) is 4.64. The van der Waals surface area contributed by atoms with Crippen molar-refractivity contribution in [1.82, 2.24) is 10.2 Å². The van der Waals surface area contributed by atoms with Crippen molar-refractivity contribution < 1.29 is 17.7 Å². The molecule has 0 aromatic carbocycles. The van der Waals surface area contributed by atoms with Crippen LogP contribution < -0.4 is 5.32 Å². The molecule has 1 heterocycles. The van der Waals surface area contributed by atoms with E-state index in [2.05, 4.69) is 5.32 Å². The van der Waals surface area contributed by atoms with Gasteiger partial charge in [-0.15, -0.1) is 0 Å². The number of hydrogen-bond acceptors (Lipinski definition) is 2. The van der Waals surface area contributed by atoms with Crippen molar-refractivity contribution in [2.45, 2.75) is 19.8 Å². The Hall–Kier alpha value is -0.715. The number of piperidine rings is 1. The van der Waals surface area contributed by atoms with Gasteiger partial charge in [0.15, 0.2) is 0 Å². The summed E-state index contributed by atoms with van der Waals surface area (Å²) < 4.78 is 36.5. The van der Waals surface area contributed by atoms with Crippen molar-refractivity contribution in [3.63, 3.8) is 0 Å². The molecule has 0 atom stereocenters. The number of carbonyl (C=O) groups excluding carboxylic acids is 1. The average molecular weight is 237 g/mol. The van der Waals surface area contributed by atoms with Gasteiger partial charge in [0, 0.05) is 12.5 Å². The van der Waals surface area contributed by atoms with Crippen molar-refractivity contribution in [3.8, 4) is 0 Å². The molecule has 0 saturated carbocycles. The van der Waals surface area contributed by atoms with Gasteiger partial charge in [0.25, 0.3) is 0 Å². The number of carbonyl (C=O) groups is 1. The third-order valence-corrected chi connectivity index (χ3v) is 2.77. The standard InChI is InChI=1S/C9H17BF3N2O/c1-2-14-9(16)8-3-5-15(6-4-8)7-10(11,12)13/h8H,2-7H2,1H3,(H,14,16)/q-1. The topological polar surface area (TPSA) is 32.3 Å². The van der Waals surface area contributed by atoms with E-state index in [-0.39, 0.29) is 11.8 Å². The molecule has 7 heteroatoms. The molecule has 16 heavy (non-hydrogen) atoms. The lowest BCUT2D eigenvalue weighted by Gasteiger charge is -2.34. The Labute approximate surface area is 93.4 Å². The monoisotopic (exact) mass is 237 g/mol. The van der Waals surface area contributed by atoms with Crippen molar-refractivity contribution in [3.05, 3.63) is 0 Å². The third-order valence-electron chi connectivity index (χ3n) is 2.77. The number of halogens is 3. The maximum atomic E-state index is 12.2. The fourth-order valence-electron chi connectivity index (χ4n) is 1.99. The number of hydrogen-bond donors (Lipinski definition) is 1. The van der Waals surface area contributed by atoms with Gasteiger partial charge >= 0.3 is 6.98 Å². The molecule has 3 nitrogen and oxygen atoms in total. The van der Waals surface area contributed by atoms with E-state index < -0.39 is 13.4 Å². The van der Waals surface area contributed by atoms with Gasteiger partial charge in [-0.3, -0.25) is 4.79 Å². The molecule has 1 amide bonds. The largest absolute Gasteiger partial charge is 0.492 e. The van der Waals surface area contributed by atoms with E-state index >= 15 is 0 Å². The average Bonchev–Trinajstić information content (AvgIpc) is 2.16. The minimum atomic E-state index is -4.74. The molecule has 1 aliphatic rings. The molecule has 0 spiro atoms. The summed E-state index contributed by atoms with van der Waals surface area (Å²) in [5.41, 5.74) is 0. The van der Waals surface area contributed by atoms with Crippen molar-refractivity contribution >= 4 is 12.9 Å². The molecule has 0 aliphatic carbocycles. The summed E-state index contributed by atoms with van der Waals surface area (Å²) in [5.74, 6) is -0.142. The predicted octanol–water partition coefficient (Wildman–Crippen LogP) is 1.22. The minimum Gasteiger partial charge on any atom is -0.448 e. The van der Waals surface area contributed by atoms with Crippen LogP contribution in [-0.4, -0.2) is 43.9 Å². The number of amides is 1. The Bertz CT molecular complexity index is 239. The van der Waals surface area contributed by atoms with E-state index in [9.17, 15) is 17.7 Å². The van der Waals surface area contributed by atoms with Gasteiger partial charge in [-0.2, -0.15) is 0 Å². The lowest BCUT2D eigenvalue weighted by atomic mass is 9.88. The Morgan fingerprint density at radius 3 is 2.38 bits per heavy atom. The van der Waals surface area contributed by atoms with Crippen LogP contribution in [0.4, 0.5) is 12.9 Å². The second kappa shape index (κ2) is 5.56. The second-order valence-electron chi connectivity index (χ2n) is 4.18. The molecule has 1 N–H and O–H groups in total. The summed E-state index contributed by atoms with van der Waals surface area (Å²) in [6.45, 7) is -1.61. The highest BCUT2D eigenvalue weighted by Gasteiger charge is 2.30. The molecule has 0 aromatic rings. The number of nitrogens with zero attached hydrogens (tertiary/aromatic N) is 1. The van der Waals surface area contributed by atoms with Crippen LogP contribution in [-0.2, 0) is 4.79 Å². The summed E-state index contributed by atoms with van der Waals surface area (Å²) in [6, 6.07) is 0. The van der Waals surface area contributed by atoms with Crippen LogP contribution in [0.15, 0.2) is 0 Å². The summed E-state index contributed by atoms with van der Waals surface area (Å²) in [5, 5.41) is 2.70. The summed E-state index contributed by atoms with van der Waals surface area (Å²) >= 11 is 0. The highest BCUT2D eigenvalue weighted by molar-refractivity contribution is 6.58. The molecule has 1 aliphatic heterocycles. The van der Waals surface area contributed by atoms with Gasteiger partial charge in [-0.25, -0.2) is 0 Å². The molecule has 1 rings (SSSR count). The molecular weight excluding hydrogens is 220 g/mol. The van der Waals surface area contributed by atoms with Crippen LogP contribution in [0, 0.1) is 5.92 Å². The Morgan fingerprint density at radius 2 is 1.94 bits per heavy atom. The van der Waals surface area contributed by atoms with Crippen LogP contribution in [0.2, 0.25) is 0 Å². The normalized spacial score (nSPS) is 19.8. The maximum absolute atomic E-state index is 12.2. The van der Waals surface area contributed by atoms with Gasteiger partial charge in [0.05, 0.1) is 0 Å². The lowest BCUT2D eigenvalue weighted by Crippen LogP contribution is -2.45. The molecule has 0 bridgehead atoms. The number of rotatable bonds is 4. The van der Waals surface area contributed by atoms with Crippen LogP contribution >= 0.6 is 0 Å². The zero-order valence-electron chi connectivity index (χ0n) is 9.39. The van der Waals surface area contributed by atoms with E-state index in [4.69, 9.17) is 0 Å². The predicted molar refractivity (Wildman–Crippen MR) is 56.9 cm³/mol. The SMILES string of the molecule is CCNC(=O)C1CCN(C[B-](F)(F)F)CC1. The fourth-order valence-corrected chi connectivity index (χ4v) is 1.99. The van der Waals surface area contributed by atoms with Crippen molar-refractivity contribution in [2.75, 3.05) is 26.1 Å². The number of nitrogens with one attached hydrogen (secondary N) is 1. The summed E-state index contributed by atoms with van der Waals surface area (Å²) in [4.78, 5) is 12.8. The van der Waals surface area contributed by atoms with Gasteiger partial charge in [-0.1, -0.05) is 0 Å². The van der Waals surface area contributed by atoms with Crippen LogP contribution in [0.3, 0.4) is 0 Å². The third kappa shape index (κ3) is 4.43. The molecule has 94 valence electrons. The Morgan fingerprint density at radius 1 is 1.38 bits per heavy atom. The quantitative estimate of drug-likeness (QED) is 0.745. The van der Waals surface area contributed by atoms with E-state index in [1.165, 1.54) is 4.90 Å². The molecule has 1 fully saturated rings. The van der Waals surface area contributed by atoms with Crippen LogP contribution in [0.25, 0.3) is 0 Å². The first kappa shape index (κ1) is 13.4. The van der Waals surface area contributed by atoms with E-state index in [1.54, 1.807) is 0 Å². The zero-order valence-corrected chi connectivity index (χ0v) is 9.39. The molecular formula is C9H17BF3N2O-. The smallest absolute Gasteiger partial charge is 0.448 e. The van der Waals surface area contributed by atoms with Gasteiger partial charge in [0.1, 0.15) is 0 Å². The first-order valence-corrected chi connectivity index (χ1v) is 5.63. The summed E-state index contributed by atoms with van der Waals surface area (Å²) in [7, 11) is 0. The highest BCUT2D eigenvalue weighted by atomic mass is 19.4. The van der Waals surface area contributed by atoms with E-state index in [1.807, 2.05) is 6.92 Å². The lowest BCUT2D eigenvalue weighted by molar-refractivity contribution is -0.126. The molecule has 1 saturated heterocycles. The summed E-state index contributed by atoms with van der Waals surface area (Å²) in [6.07, 6.45) is 0.248. The van der Waals surface area contributed by atoms with Crippen molar-refractivity contribution in [2.24, 2.45) is 5.92 Å². The molecule has 0 aromatic heterocycles. The fraction of sp³-hybridized carbons (Fsp3) is 0.889. The van der Waals surface area contributed by atoms with Crippen LogP contribution in [0.5, 0.6) is 0 Å². The van der Waals surface area contributed by atoms with Gasteiger partial charge < -0.3 is 23.2 Å². The molecule has 0 radical (unpaired) electrons. The first-order chi connectivity index (χ1) is 7.42.